The molecule has 0 aliphatic carbocycles. The van der Waals surface area contributed by atoms with E-state index in [0.717, 1.165) is 21.5 Å². The van der Waals surface area contributed by atoms with Gasteiger partial charge in [-0.3, -0.25) is 0 Å². The van der Waals surface area contributed by atoms with Gasteiger partial charge in [0.05, 0.1) is 17.8 Å². The first-order chi connectivity index (χ1) is 10.5. The Bertz CT molecular complexity index is 679. The number of methoxy groups -OCH3 is 1. The largest absolute Gasteiger partial charge is 0.497 e. The van der Waals surface area contributed by atoms with Gasteiger partial charge in [-0.1, -0.05) is 23.7 Å². The molecule has 0 unspecified atom stereocenters. The molecule has 1 aromatic carbocycles. The number of hydrogen-bond acceptors (Lipinski definition) is 3. The number of benzene rings is 1. The minimum absolute atomic E-state index is 0.465. The fraction of sp³-hybridized carbons (Fsp3) is 0.200. The van der Waals surface area contributed by atoms with Crippen LogP contribution in [0.3, 0.4) is 0 Å². The second kappa shape index (κ2) is 7.76. The number of rotatable bonds is 4. The molecule has 1 heterocycles. The molecule has 2 rings (SSSR count). The van der Waals surface area contributed by atoms with E-state index in [-0.39, 0.29) is 0 Å². The molecule has 0 saturated heterocycles. The van der Waals surface area contributed by atoms with Crippen molar-refractivity contribution >= 4 is 50.7 Å². The molecule has 116 valence electrons. The van der Waals surface area contributed by atoms with Crippen molar-refractivity contribution in [2.24, 2.45) is 0 Å². The minimum atomic E-state index is 0.465. The van der Waals surface area contributed by atoms with Crippen LogP contribution < -0.4 is 15.4 Å². The molecule has 0 aliphatic heterocycles. The lowest BCUT2D eigenvalue weighted by Gasteiger charge is -2.12. The van der Waals surface area contributed by atoms with Crippen LogP contribution in [0.2, 0.25) is 5.02 Å². The number of aryl methyl sites for hydroxylation is 1. The maximum absolute atomic E-state index is 6.14. The van der Waals surface area contributed by atoms with Gasteiger partial charge in [0.1, 0.15) is 5.75 Å². The van der Waals surface area contributed by atoms with Crippen molar-refractivity contribution in [3.05, 3.63) is 51.1 Å². The fourth-order valence-electron chi connectivity index (χ4n) is 1.72. The number of nitrogens with zero attached hydrogens (tertiary/aromatic N) is 1. The van der Waals surface area contributed by atoms with Gasteiger partial charge in [-0.2, -0.15) is 0 Å². The van der Waals surface area contributed by atoms with E-state index in [9.17, 15) is 0 Å². The monoisotopic (exact) mass is 399 g/mol. The highest BCUT2D eigenvalue weighted by Crippen LogP contribution is 2.25. The van der Waals surface area contributed by atoms with Crippen molar-refractivity contribution < 1.29 is 4.74 Å². The van der Waals surface area contributed by atoms with E-state index in [1.165, 1.54) is 0 Å². The van der Waals surface area contributed by atoms with E-state index >= 15 is 0 Å². The predicted molar refractivity (Wildman–Crippen MR) is 97.7 cm³/mol. The molecule has 2 aromatic rings. The topological polar surface area (TPSA) is 46.2 Å². The lowest BCUT2D eigenvalue weighted by molar-refractivity contribution is 0.414. The van der Waals surface area contributed by atoms with Gasteiger partial charge in [-0.15, -0.1) is 0 Å². The molecule has 0 amide bonds. The van der Waals surface area contributed by atoms with Crippen LogP contribution in [0.4, 0.5) is 5.82 Å². The zero-order chi connectivity index (χ0) is 16.1. The minimum Gasteiger partial charge on any atom is -0.497 e. The summed E-state index contributed by atoms with van der Waals surface area (Å²) in [6, 6.07) is 9.55. The van der Waals surface area contributed by atoms with Crippen molar-refractivity contribution in [2.75, 3.05) is 12.4 Å². The zero-order valence-electron chi connectivity index (χ0n) is 12.1. The fourth-order valence-corrected chi connectivity index (χ4v) is 2.54. The Balaban J connectivity index is 1.94. The second-order valence-corrected chi connectivity index (χ2v) is 6.21. The molecule has 4 nitrogen and oxygen atoms in total. The third-order valence-electron chi connectivity index (χ3n) is 2.95. The summed E-state index contributed by atoms with van der Waals surface area (Å²) in [5.41, 5.74) is 1.93. The van der Waals surface area contributed by atoms with E-state index in [1.807, 2.05) is 31.2 Å². The number of hydrogen-bond donors (Lipinski definition) is 2. The highest BCUT2D eigenvalue weighted by atomic mass is 79.9. The molecule has 0 saturated carbocycles. The van der Waals surface area contributed by atoms with Gasteiger partial charge in [0.15, 0.2) is 10.9 Å². The van der Waals surface area contributed by atoms with Gasteiger partial charge in [-0.25, -0.2) is 4.98 Å². The summed E-state index contributed by atoms with van der Waals surface area (Å²) in [4.78, 5) is 4.36. The molecule has 22 heavy (non-hydrogen) atoms. The number of aromatic nitrogens is 1. The van der Waals surface area contributed by atoms with Crippen LogP contribution in [0.25, 0.3) is 0 Å². The number of thiocarbonyl (C=S) groups is 1. The summed E-state index contributed by atoms with van der Waals surface area (Å²) in [6.07, 6.45) is 0. The number of nitrogens with one attached hydrogen (secondary N) is 2. The first kappa shape index (κ1) is 17.0. The average molecular weight is 401 g/mol. The summed E-state index contributed by atoms with van der Waals surface area (Å²) >= 11 is 14.8. The normalized spacial score (nSPS) is 10.2. The lowest BCUT2D eigenvalue weighted by atomic mass is 10.2. The molecule has 2 N–H and O–H groups in total. The highest BCUT2D eigenvalue weighted by molar-refractivity contribution is 9.10. The maximum Gasteiger partial charge on any atom is 0.172 e. The molecule has 7 heteroatoms. The number of ether oxygens (including phenoxy) is 1. The predicted octanol–water partition coefficient (Wildman–Crippen LogP) is 4.30. The first-order valence-electron chi connectivity index (χ1n) is 6.50. The quantitative estimate of drug-likeness (QED) is 0.749. The summed E-state index contributed by atoms with van der Waals surface area (Å²) in [7, 11) is 1.64. The Morgan fingerprint density at radius 2 is 2.05 bits per heavy atom. The first-order valence-corrected chi connectivity index (χ1v) is 8.08. The van der Waals surface area contributed by atoms with Gasteiger partial charge in [-0.05, 0) is 58.8 Å². The van der Waals surface area contributed by atoms with E-state index in [4.69, 9.17) is 28.6 Å². The maximum atomic E-state index is 6.14. The molecular weight excluding hydrogens is 386 g/mol. The molecule has 0 radical (unpaired) electrons. The molecule has 0 fully saturated rings. The number of halogens is 2. The number of pyridine rings is 1. The second-order valence-electron chi connectivity index (χ2n) is 4.54. The SMILES string of the molecule is COc1ccc(CNC(=S)Nc2nc(C)c(Br)cc2Cl)cc1. The van der Waals surface area contributed by atoms with E-state index in [0.29, 0.717) is 22.5 Å². The van der Waals surface area contributed by atoms with Crippen LogP contribution in [-0.4, -0.2) is 17.2 Å². The highest BCUT2D eigenvalue weighted by Gasteiger charge is 2.07. The van der Waals surface area contributed by atoms with Crippen molar-refractivity contribution in [3.8, 4) is 5.75 Å². The Kier molecular flexibility index (Phi) is 5.99. The van der Waals surface area contributed by atoms with Crippen LogP contribution in [0.5, 0.6) is 5.75 Å². The molecule has 0 bridgehead atoms. The van der Waals surface area contributed by atoms with Gasteiger partial charge >= 0.3 is 0 Å². The smallest absolute Gasteiger partial charge is 0.172 e. The lowest BCUT2D eigenvalue weighted by Crippen LogP contribution is -2.28. The van der Waals surface area contributed by atoms with Gasteiger partial charge in [0, 0.05) is 11.0 Å². The standard InChI is InChI=1S/C15H15BrClN3OS/c1-9-12(16)7-13(17)14(19-9)20-15(22)18-8-10-3-5-11(21-2)6-4-10/h3-7H,8H2,1-2H3,(H2,18,19,20,22). The van der Waals surface area contributed by atoms with Gasteiger partial charge in [0.25, 0.3) is 0 Å². The van der Waals surface area contributed by atoms with E-state index in [2.05, 4.69) is 31.5 Å². The molecule has 0 atom stereocenters. The van der Waals surface area contributed by atoms with Gasteiger partial charge < -0.3 is 15.4 Å². The Hall–Kier alpha value is -1.37. The third-order valence-corrected chi connectivity index (χ3v) is 4.29. The summed E-state index contributed by atoms with van der Waals surface area (Å²) in [6.45, 7) is 2.49. The molecule has 0 aliphatic rings. The van der Waals surface area contributed by atoms with Crippen molar-refractivity contribution in [3.63, 3.8) is 0 Å². The van der Waals surface area contributed by atoms with Gasteiger partial charge in [0.2, 0.25) is 0 Å². The van der Waals surface area contributed by atoms with Crippen LogP contribution in [-0.2, 0) is 6.54 Å². The average Bonchev–Trinajstić information content (AvgIpc) is 2.51. The summed E-state index contributed by atoms with van der Waals surface area (Å²) < 4.78 is 5.98. The van der Waals surface area contributed by atoms with Crippen molar-refractivity contribution in [1.82, 2.24) is 10.3 Å². The number of anilines is 1. The van der Waals surface area contributed by atoms with Crippen molar-refractivity contribution in [1.29, 1.82) is 0 Å². The Morgan fingerprint density at radius 3 is 2.68 bits per heavy atom. The van der Waals surface area contributed by atoms with Crippen LogP contribution in [0.1, 0.15) is 11.3 Å². The zero-order valence-corrected chi connectivity index (χ0v) is 15.3. The van der Waals surface area contributed by atoms with Crippen LogP contribution >= 0.6 is 39.7 Å². The van der Waals surface area contributed by atoms with Crippen LogP contribution in [0.15, 0.2) is 34.8 Å². The molecule has 1 aromatic heterocycles. The Morgan fingerprint density at radius 1 is 1.36 bits per heavy atom. The molecule has 0 spiro atoms. The summed E-state index contributed by atoms with van der Waals surface area (Å²) in [5.74, 6) is 1.36. The van der Waals surface area contributed by atoms with E-state index < -0.39 is 0 Å². The summed E-state index contributed by atoms with van der Waals surface area (Å²) in [5, 5.41) is 7.09. The third kappa shape index (κ3) is 4.56. The Labute approximate surface area is 148 Å². The van der Waals surface area contributed by atoms with Crippen molar-refractivity contribution in [2.45, 2.75) is 13.5 Å². The van der Waals surface area contributed by atoms with Crippen LogP contribution in [0, 0.1) is 6.92 Å². The van der Waals surface area contributed by atoms with E-state index in [1.54, 1.807) is 13.2 Å². The molecular formula is C15H15BrClN3OS.